The van der Waals surface area contributed by atoms with Crippen molar-refractivity contribution in [2.24, 2.45) is 0 Å². The van der Waals surface area contributed by atoms with Crippen molar-refractivity contribution < 1.29 is 13.9 Å². The zero-order chi connectivity index (χ0) is 21.5. The van der Waals surface area contributed by atoms with Crippen LogP contribution in [0.25, 0.3) is 21.2 Å². The molecule has 0 bridgehead atoms. The van der Waals surface area contributed by atoms with Gasteiger partial charge in [-0.1, -0.05) is 38.2 Å². The molecular formula is C23H22N2O4S. The lowest BCUT2D eigenvalue weighted by molar-refractivity contribution is -0.118. The minimum absolute atomic E-state index is 0.0486. The van der Waals surface area contributed by atoms with E-state index in [2.05, 4.69) is 43.2 Å². The summed E-state index contributed by atoms with van der Waals surface area (Å²) in [5.74, 6) is 0.140. The molecule has 1 amide bonds. The molecule has 0 spiro atoms. The van der Waals surface area contributed by atoms with E-state index in [9.17, 15) is 9.59 Å². The number of hydrogen-bond donors (Lipinski definition) is 1. The third-order valence-electron chi connectivity index (χ3n) is 4.79. The third kappa shape index (κ3) is 4.21. The molecule has 0 radical (unpaired) electrons. The second kappa shape index (κ2) is 7.57. The van der Waals surface area contributed by atoms with E-state index in [1.165, 1.54) is 23.0 Å². The highest BCUT2D eigenvalue weighted by Crippen LogP contribution is 2.31. The van der Waals surface area contributed by atoms with E-state index < -0.39 is 5.63 Å². The molecule has 0 aliphatic carbocycles. The van der Waals surface area contributed by atoms with Crippen LogP contribution in [-0.4, -0.2) is 17.5 Å². The van der Waals surface area contributed by atoms with Gasteiger partial charge in [-0.15, -0.1) is 0 Å². The Morgan fingerprint density at radius 3 is 2.73 bits per heavy atom. The summed E-state index contributed by atoms with van der Waals surface area (Å²) in [5.41, 5.74) is 2.96. The fourth-order valence-electron chi connectivity index (χ4n) is 3.14. The zero-order valence-corrected chi connectivity index (χ0v) is 18.1. The summed E-state index contributed by atoms with van der Waals surface area (Å²) < 4.78 is 11.8. The summed E-state index contributed by atoms with van der Waals surface area (Å²) in [4.78, 5) is 28.3. The number of thiazole rings is 1. The molecule has 7 heteroatoms. The van der Waals surface area contributed by atoms with Gasteiger partial charge in [-0.2, -0.15) is 0 Å². The fraction of sp³-hybridized carbons (Fsp3) is 0.261. The SMILES string of the molecule is Cc1cc(=O)oc2cc(OCC(=O)Nc3nc4ccc(C(C)(C)C)cc4s3)ccc12. The number of rotatable bonds is 4. The highest BCUT2D eigenvalue weighted by Gasteiger charge is 2.16. The molecular weight excluding hydrogens is 400 g/mol. The molecule has 2 aromatic carbocycles. The van der Waals surface area contributed by atoms with Crippen LogP contribution >= 0.6 is 11.3 Å². The molecule has 30 heavy (non-hydrogen) atoms. The Hall–Kier alpha value is -3.19. The number of ether oxygens (including phenoxy) is 1. The lowest BCUT2D eigenvalue weighted by Crippen LogP contribution is -2.20. The highest BCUT2D eigenvalue weighted by atomic mass is 32.1. The van der Waals surface area contributed by atoms with Gasteiger partial charge in [-0.3, -0.25) is 10.1 Å². The smallest absolute Gasteiger partial charge is 0.336 e. The Morgan fingerprint density at radius 1 is 1.17 bits per heavy atom. The van der Waals surface area contributed by atoms with Crippen LogP contribution in [0.15, 0.2) is 51.7 Å². The number of anilines is 1. The summed E-state index contributed by atoms with van der Waals surface area (Å²) in [5, 5.41) is 4.15. The van der Waals surface area contributed by atoms with Crippen LogP contribution in [0, 0.1) is 6.92 Å². The molecule has 0 fully saturated rings. The molecule has 0 atom stereocenters. The van der Waals surface area contributed by atoms with Gasteiger partial charge < -0.3 is 9.15 Å². The number of carbonyl (C=O) groups is 1. The number of aryl methyl sites for hydroxylation is 1. The summed E-state index contributed by atoms with van der Waals surface area (Å²) in [6.45, 7) is 8.15. The highest BCUT2D eigenvalue weighted by molar-refractivity contribution is 7.22. The Morgan fingerprint density at radius 2 is 1.97 bits per heavy atom. The Kier molecular flexibility index (Phi) is 5.07. The minimum Gasteiger partial charge on any atom is -0.484 e. The van der Waals surface area contributed by atoms with Crippen molar-refractivity contribution in [3.05, 3.63) is 64.0 Å². The van der Waals surface area contributed by atoms with E-state index in [4.69, 9.17) is 9.15 Å². The number of hydrogen-bond acceptors (Lipinski definition) is 6. The van der Waals surface area contributed by atoms with Gasteiger partial charge in [-0.05, 0) is 47.7 Å². The second-order valence-corrected chi connectivity index (χ2v) is 9.23. The standard InChI is InChI=1S/C23H22N2O4S/c1-13-9-21(27)29-18-11-15(6-7-16(13)18)28-12-20(26)25-22-24-17-8-5-14(23(2,3)4)10-19(17)30-22/h5-11H,12H2,1-4H3,(H,24,25,26). The first kappa shape index (κ1) is 20.1. The molecule has 2 aromatic heterocycles. The van der Waals surface area contributed by atoms with Gasteiger partial charge in [0.15, 0.2) is 11.7 Å². The van der Waals surface area contributed by atoms with E-state index in [0.29, 0.717) is 16.5 Å². The van der Waals surface area contributed by atoms with Gasteiger partial charge in [0.25, 0.3) is 5.91 Å². The number of benzene rings is 2. The molecule has 0 saturated carbocycles. The first-order valence-corrected chi connectivity index (χ1v) is 10.4. The first-order chi connectivity index (χ1) is 14.2. The largest absolute Gasteiger partial charge is 0.484 e. The molecule has 0 unspecified atom stereocenters. The predicted octanol–water partition coefficient (Wildman–Crippen LogP) is 5.03. The molecule has 0 aliphatic rings. The number of carbonyl (C=O) groups excluding carboxylic acids is 1. The normalized spacial score (nSPS) is 11.7. The molecule has 2 heterocycles. The summed E-state index contributed by atoms with van der Waals surface area (Å²) in [6.07, 6.45) is 0. The third-order valence-corrected chi connectivity index (χ3v) is 5.73. The summed E-state index contributed by atoms with van der Waals surface area (Å²) in [7, 11) is 0. The molecule has 0 saturated heterocycles. The van der Waals surface area contributed by atoms with Gasteiger partial charge in [0.1, 0.15) is 11.3 Å². The van der Waals surface area contributed by atoms with Crippen LogP contribution in [0.4, 0.5) is 5.13 Å². The van der Waals surface area contributed by atoms with Gasteiger partial charge in [0, 0.05) is 17.5 Å². The lowest BCUT2D eigenvalue weighted by atomic mass is 9.87. The zero-order valence-electron chi connectivity index (χ0n) is 17.2. The van der Waals surface area contributed by atoms with Gasteiger partial charge in [0.2, 0.25) is 0 Å². The fourth-order valence-corrected chi connectivity index (χ4v) is 4.07. The number of nitrogens with one attached hydrogen (secondary N) is 1. The van der Waals surface area contributed by atoms with Crippen LogP contribution in [-0.2, 0) is 10.2 Å². The van der Waals surface area contributed by atoms with E-state index in [1.807, 2.05) is 13.0 Å². The monoisotopic (exact) mass is 422 g/mol. The first-order valence-electron chi connectivity index (χ1n) is 9.57. The van der Waals surface area contributed by atoms with Crippen LogP contribution in [0.2, 0.25) is 0 Å². The minimum atomic E-state index is -0.416. The topological polar surface area (TPSA) is 81.4 Å². The Labute approximate surface area is 177 Å². The van der Waals surface area contributed by atoms with Crippen LogP contribution in [0.3, 0.4) is 0 Å². The average Bonchev–Trinajstić information content (AvgIpc) is 3.06. The van der Waals surface area contributed by atoms with Crippen LogP contribution < -0.4 is 15.7 Å². The average molecular weight is 423 g/mol. The van der Waals surface area contributed by atoms with E-state index in [0.717, 1.165) is 21.2 Å². The van der Waals surface area contributed by atoms with Crippen molar-refractivity contribution >= 4 is 43.6 Å². The number of amides is 1. The van der Waals surface area contributed by atoms with Crippen molar-refractivity contribution in [1.29, 1.82) is 0 Å². The number of nitrogens with zero attached hydrogens (tertiary/aromatic N) is 1. The van der Waals surface area contributed by atoms with Crippen molar-refractivity contribution in [2.75, 3.05) is 11.9 Å². The molecule has 154 valence electrons. The van der Waals surface area contributed by atoms with Gasteiger partial charge in [-0.25, -0.2) is 9.78 Å². The summed E-state index contributed by atoms with van der Waals surface area (Å²) >= 11 is 1.43. The van der Waals surface area contributed by atoms with Crippen LogP contribution in [0.1, 0.15) is 31.9 Å². The molecule has 1 N–H and O–H groups in total. The van der Waals surface area contributed by atoms with E-state index in [1.54, 1.807) is 18.2 Å². The summed E-state index contributed by atoms with van der Waals surface area (Å²) in [6, 6.07) is 12.8. The van der Waals surface area contributed by atoms with E-state index >= 15 is 0 Å². The van der Waals surface area contributed by atoms with Gasteiger partial charge in [0.05, 0.1) is 10.2 Å². The second-order valence-electron chi connectivity index (χ2n) is 8.19. The van der Waals surface area contributed by atoms with Crippen LogP contribution in [0.5, 0.6) is 5.75 Å². The van der Waals surface area contributed by atoms with Crippen molar-refractivity contribution in [3.63, 3.8) is 0 Å². The number of fused-ring (bicyclic) bond motifs is 2. The maximum Gasteiger partial charge on any atom is 0.336 e. The Balaban J connectivity index is 1.45. The van der Waals surface area contributed by atoms with Crippen molar-refractivity contribution in [3.8, 4) is 5.75 Å². The molecule has 4 aromatic rings. The predicted molar refractivity (Wildman–Crippen MR) is 120 cm³/mol. The Bertz CT molecular complexity index is 1310. The maximum atomic E-state index is 12.3. The maximum absolute atomic E-state index is 12.3. The van der Waals surface area contributed by atoms with E-state index in [-0.39, 0.29) is 17.9 Å². The molecule has 0 aliphatic heterocycles. The van der Waals surface area contributed by atoms with Crippen molar-refractivity contribution in [1.82, 2.24) is 4.98 Å². The quantitative estimate of drug-likeness (QED) is 0.467. The molecule has 4 rings (SSSR count). The van der Waals surface area contributed by atoms with Gasteiger partial charge >= 0.3 is 5.63 Å². The van der Waals surface area contributed by atoms with Crippen molar-refractivity contribution in [2.45, 2.75) is 33.1 Å². The lowest BCUT2D eigenvalue weighted by Gasteiger charge is -2.18. The molecule has 6 nitrogen and oxygen atoms in total. The number of aromatic nitrogens is 1.